The van der Waals surface area contributed by atoms with Gasteiger partial charge in [-0.25, -0.2) is 0 Å². The first-order valence-corrected chi connectivity index (χ1v) is 7.22. The van der Waals surface area contributed by atoms with Gasteiger partial charge < -0.3 is 9.84 Å². The molecule has 1 aliphatic heterocycles. The second-order valence-corrected chi connectivity index (χ2v) is 5.32. The highest BCUT2D eigenvalue weighted by Gasteiger charge is 2.21. The summed E-state index contributed by atoms with van der Waals surface area (Å²) in [6.07, 6.45) is 1.77. The summed E-state index contributed by atoms with van der Waals surface area (Å²) in [4.78, 5) is 2.48. The van der Waals surface area contributed by atoms with Crippen LogP contribution < -0.4 is 0 Å². The molecular formula is C17H23NO2. The van der Waals surface area contributed by atoms with Crippen LogP contribution in [0.3, 0.4) is 0 Å². The number of hydrogen-bond donors (Lipinski definition) is 1. The Morgan fingerprint density at radius 1 is 1.35 bits per heavy atom. The number of aliphatic hydroxyl groups excluding tert-OH is 1. The van der Waals surface area contributed by atoms with Gasteiger partial charge in [-0.15, -0.1) is 0 Å². The number of hydrogen-bond acceptors (Lipinski definition) is 3. The molecule has 1 heterocycles. The normalized spacial score (nSPS) is 18.8. The number of likely N-dealkylation sites (tertiary alicyclic amines) is 1. The zero-order valence-electron chi connectivity index (χ0n) is 12.1. The fraction of sp³-hybridized carbons (Fsp3) is 0.529. The van der Waals surface area contributed by atoms with Crippen molar-refractivity contribution < 1.29 is 9.84 Å². The van der Waals surface area contributed by atoms with E-state index >= 15 is 0 Å². The Hall–Kier alpha value is -1.34. The van der Waals surface area contributed by atoms with Crippen LogP contribution in [-0.4, -0.2) is 43.4 Å². The van der Waals surface area contributed by atoms with Crippen molar-refractivity contribution in [1.29, 1.82) is 0 Å². The minimum Gasteiger partial charge on any atom is -0.395 e. The van der Waals surface area contributed by atoms with Gasteiger partial charge in [0, 0.05) is 32.2 Å². The minimum atomic E-state index is 0.128. The molecular weight excluding hydrogens is 250 g/mol. The predicted octanol–water partition coefficient (Wildman–Crippen LogP) is 1.89. The van der Waals surface area contributed by atoms with Gasteiger partial charge in [0.2, 0.25) is 0 Å². The number of ether oxygens (including phenoxy) is 1. The van der Waals surface area contributed by atoms with Crippen LogP contribution >= 0.6 is 0 Å². The van der Waals surface area contributed by atoms with E-state index in [2.05, 4.69) is 41.0 Å². The van der Waals surface area contributed by atoms with Gasteiger partial charge in [0.1, 0.15) is 0 Å². The van der Waals surface area contributed by atoms with Crippen LogP contribution in [0.15, 0.2) is 24.3 Å². The van der Waals surface area contributed by atoms with Crippen LogP contribution in [0.5, 0.6) is 0 Å². The second-order valence-electron chi connectivity index (χ2n) is 5.32. The van der Waals surface area contributed by atoms with Crippen LogP contribution in [0, 0.1) is 17.8 Å². The Morgan fingerprint density at radius 3 is 2.85 bits per heavy atom. The van der Waals surface area contributed by atoms with E-state index in [0.29, 0.717) is 12.3 Å². The van der Waals surface area contributed by atoms with Crippen molar-refractivity contribution in [2.75, 3.05) is 33.4 Å². The van der Waals surface area contributed by atoms with Gasteiger partial charge in [-0.1, -0.05) is 24.0 Å². The number of benzene rings is 1. The highest BCUT2D eigenvalue weighted by Crippen LogP contribution is 2.18. The first-order chi connectivity index (χ1) is 9.81. The van der Waals surface area contributed by atoms with E-state index in [1.807, 2.05) is 0 Å². The Balaban J connectivity index is 1.84. The largest absolute Gasteiger partial charge is 0.395 e. The van der Waals surface area contributed by atoms with Crippen LogP contribution in [0.4, 0.5) is 0 Å². The van der Waals surface area contributed by atoms with Crippen LogP contribution in [0.25, 0.3) is 0 Å². The maximum atomic E-state index is 8.69. The van der Waals surface area contributed by atoms with Gasteiger partial charge in [-0.3, -0.25) is 4.90 Å². The SMILES string of the molecule is COCC1CCN(Cc2ccc(C#CCCO)cc2)C1. The fourth-order valence-electron chi connectivity index (χ4n) is 2.60. The first-order valence-electron chi connectivity index (χ1n) is 7.22. The van der Waals surface area contributed by atoms with E-state index < -0.39 is 0 Å². The van der Waals surface area contributed by atoms with Crippen LogP contribution in [0.2, 0.25) is 0 Å². The Kier molecular flexibility index (Phi) is 6.07. The lowest BCUT2D eigenvalue weighted by molar-refractivity contribution is 0.152. The number of aliphatic hydroxyl groups is 1. The number of methoxy groups -OCH3 is 1. The third-order valence-electron chi connectivity index (χ3n) is 3.60. The summed E-state index contributed by atoms with van der Waals surface area (Å²) >= 11 is 0. The van der Waals surface area contributed by atoms with E-state index in [4.69, 9.17) is 9.84 Å². The summed E-state index contributed by atoms with van der Waals surface area (Å²) in [5, 5.41) is 8.69. The molecule has 0 aliphatic carbocycles. The molecule has 3 heteroatoms. The first kappa shape index (κ1) is 15.1. The van der Waals surface area contributed by atoms with Crippen molar-refractivity contribution in [3.05, 3.63) is 35.4 Å². The number of nitrogens with zero attached hydrogens (tertiary/aromatic N) is 1. The van der Waals surface area contributed by atoms with Crippen LogP contribution in [0.1, 0.15) is 24.0 Å². The van der Waals surface area contributed by atoms with Crippen molar-refractivity contribution in [1.82, 2.24) is 4.90 Å². The molecule has 1 aliphatic rings. The third-order valence-corrected chi connectivity index (χ3v) is 3.60. The topological polar surface area (TPSA) is 32.7 Å². The molecule has 0 amide bonds. The van der Waals surface area contributed by atoms with Crippen molar-refractivity contribution in [3.63, 3.8) is 0 Å². The van der Waals surface area contributed by atoms with E-state index in [1.165, 1.54) is 12.0 Å². The van der Waals surface area contributed by atoms with Gasteiger partial charge >= 0.3 is 0 Å². The van der Waals surface area contributed by atoms with E-state index in [9.17, 15) is 0 Å². The summed E-state index contributed by atoms with van der Waals surface area (Å²) in [5.74, 6) is 6.67. The average Bonchev–Trinajstić information content (AvgIpc) is 2.89. The standard InChI is InChI=1S/C17H23NO2/c1-20-14-17-9-10-18(13-17)12-16-7-5-15(6-8-16)4-2-3-11-19/h5-8,17,19H,3,9-14H2,1H3. The van der Waals surface area contributed by atoms with Gasteiger partial charge in [0.15, 0.2) is 0 Å². The molecule has 1 aromatic rings. The third kappa shape index (κ3) is 4.64. The molecule has 1 N–H and O–H groups in total. The van der Waals surface area contributed by atoms with Gasteiger partial charge in [0.05, 0.1) is 13.2 Å². The average molecular weight is 273 g/mol. The quantitative estimate of drug-likeness (QED) is 0.832. The Labute approximate surface area is 121 Å². The molecule has 0 spiro atoms. The maximum absolute atomic E-state index is 8.69. The van der Waals surface area contributed by atoms with Crippen molar-refractivity contribution >= 4 is 0 Å². The van der Waals surface area contributed by atoms with Gasteiger partial charge in [0.25, 0.3) is 0 Å². The molecule has 1 unspecified atom stereocenters. The molecule has 108 valence electrons. The van der Waals surface area contributed by atoms with Crippen molar-refractivity contribution in [2.24, 2.45) is 5.92 Å². The smallest absolute Gasteiger partial charge is 0.0540 e. The molecule has 3 nitrogen and oxygen atoms in total. The van der Waals surface area contributed by atoms with Crippen molar-refractivity contribution in [3.8, 4) is 11.8 Å². The van der Waals surface area contributed by atoms with E-state index in [0.717, 1.165) is 31.8 Å². The van der Waals surface area contributed by atoms with E-state index in [-0.39, 0.29) is 6.61 Å². The summed E-state index contributed by atoms with van der Waals surface area (Å²) in [7, 11) is 1.78. The lowest BCUT2D eigenvalue weighted by Gasteiger charge is -2.15. The molecule has 0 bridgehead atoms. The molecule has 0 saturated carbocycles. The molecule has 2 rings (SSSR count). The molecule has 1 atom stereocenters. The lowest BCUT2D eigenvalue weighted by Crippen LogP contribution is -2.21. The molecule has 0 radical (unpaired) electrons. The number of rotatable bonds is 5. The second kappa shape index (κ2) is 8.06. The fourth-order valence-corrected chi connectivity index (χ4v) is 2.60. The molecule has 20 heavy (non-hydrogen) atoms. The predicted molar refractivity (Wildman–Crippen MR) is 80.3 cm³/mol. The maximum Gasteiger partial charge on any atom is 0.0540 e. The highest BCUT2D eigenvalue weighted by molar-refractivity contribution is 5.36. The zero-order valence-corrected chi connectivity index (χ0v) is 12.1. The summed E-state index contributed by atoms with van der Waals surface area (Å²) in [5.41, 5.74) is 2.34. The van der Waals surface area contributed by atoms with Gasteiger partial charge in [-0.05, 0) is 36.6 Å². The van der Waals surface area contributed by atoms with Crippen LogP contribution in [-0.2, 0) is 11.3 Å². The van der Waals surface area contributed by atoms with Gasteiger partial charge in [-0.2, -0.15) is 0 Å². The minimum absolute atomic E-state index is 0.128. The summed E-state index contributed by atoms with van der Waals surface area (Å²) in [6, 6.07) is 8.41. The monoisotopic (exact) mass is 273 g/mol. The highest BCUT2D eigenvalue weighted by atomic mass is 16.5. The Morgan fingerprint density at radius 2 is 2.15 bits per heavy atom. The molecule has 1 saturated heterocycles. The zero-order chi connectivity index (χ0) is 14.2. The van der Waals surface area contributed by atoms with Crippen molar-refractivity contribution in [2.45, 2.75) is 19.4 Å². The molecule has 1 aromatic carbocycles. The van der Waals surface area contributed by atoms with E-state index in [1.54, 1.807) is 7.11 Å². The molecule has 1 fully saturated rings. The Bertz CT molecular complexity index is 458. The molecule has 0 aromatic heterocycles. The lowest BCUT2D eigenvalue weighted by atomic mass is 10.1. The summed E-state index contributed by atoms with van der Waals surface area (Å²) < 4.78 is 5.23. The summed E-state index contributed by atoms with van der Waals surface area (Å²) in [6.45, 7) is 4.29.